The number of hydrogen-bond acceptors (Lipinski definition) is 5. The first-order chi connectivity index (χ1) is 10.2. The highest BCUT2D eigenvalue weighted by molar-refractivity contribution is 7.11. The molecule has 0 saturated carbocycles. The maximum Gasteiger partial charge on any atom is 0.278 e. The summed E-state index contributed by atoms with van der Waals surface area (Å²) in [5.41, 5.74) is 0.538. The van der Waals surface area contributed by atoms with Gasteiger partial charge in [0, 0.05) is 30.2 Å². The van der Waals surface area contributed by atoms with E-state index >= 15 is 0 Å². The number of thiazole rings is 1. The quantitative estimate of drug-likeness (QED) is 0.933. The Morgan fingerprint density at radius 3 is 2.81 bits per heavy atom. The summed E-state index contributed by atoms with van der Waals surface area (Å²) in [5.74, 6) is 0.349. The van der Waals surface area contributed by atoms with Crippen molar-refractivity contribution in [2.24, 2.45) is 0 Å². The normalized spacial score (nSPS) is 14.7. The van der Waals surface area contributed by atoms with Crippen LogP contribution in [0, 0.1) is 0 Å². The van der Waals surface area contributed by atoms with Crippen LogP contribution < -0.4 is 10.1 Å². The van der Waals surface area contributed by atoms with Crippen LogP contribution in [0.1, 0.15) is 10.4 Å². The van der Waals surface area contributed by atoms with Gasteiger partial charge in [0.25, 0.3) is 11.1 Å². The van der Waals surface area contributed by atoms with Crippen LogP contribution in [-0.4, -0.2) is 41.3 Å². The van der Waals surface area contributed by atoms with Gasteiger partial charge in [-0.25, -0.2) is 4.98 Å². The topological polar surface area (TPSA) is 71.5 Å². The minimum atomic E-state index is -0.148. The van der Waals surface area contributed by atoms with Crippen LogP contribution in [0.2, 0.25) is 0 Å². The fraction of sp³-hybridized carbons (Fsp3) is 0.214. The Labute approximate surface area is 125 Å². The van der Waals surface area contributed by atoms with Gasteiger partial charge in [0.1, 0.15) is 5.75 Å². The van der Waals surface area contributed by atoms with Crippen LogP contribution in [0.5, 0.6) is 10.9 Å². The summed E-state index contributed by atoms with van der Waals surface area (Å²) in [5, 5.41) is 5.08. The minimum absolute atomic E-state index is 0.107. The molecule has 1 fully saturated rings. The zero-order chi connectivity index (χ0) is 14.7. The third-order valence-corrected chi connectivity index (χ3v) is 3.69. The lowest BCUT2D eigenvalue weighted by molar-refractivity contribution is -0.123. The number of carbonyl (C=O) groups is 2. The lowest BCUT2D eigenvalue weighted by atomic mass is 10.2. The highest BCUT2D eigenvalue weighted by Crippen LogP contribution is 2.23. The molecule has 0 atom stereocenters. The van der Waals surface area contributed by atoms with Crippen molar-refractivity contribution in [2.75, 3.05) is 19.6 Å². The largest absolute Gasteiger partial charge is 0.431 e. The van der Waals surface area contributed by atoms with Gasteiger partial charge >= 0.3 is 0 Å². The molecule has 1 aromatic carbocycles. The van der Waals surface area contributed by atoms with Gasteiger partial charge in [-0.1, -0.05) is 11.3 Å². The number of hydrogen-bond donors (Lipinski definition) is 1. The summed E-state index contributed by atoms with van der Waals surface area (Å²) >= 11 is 1.40. The molecule has 6 nitrogen and oxygen atoms in total. The van der Waals surface area contributed by atoms with Gasteiger partial charge in [0.05, 0.1) is 6.54 Å². The fourth-order valence-electron chi connectivity index (χ4n) is 2.02. The first kappa shape index (κ1) is 13.6. The zero-order valence-electron chi connectivity index (χ0n) is 11.1. The Hall–Kier alpha value is -2.41. The van der Waals surface area contributed by atoms with E-state index < -0.39 is 0 Å². The zero-order valence-corrected chi connectivity index (χ0v) is 11.9. The van der Waals surface area contributed by atoms with Crippen LogP contribution in [0.4, 0.5) is 0 Å². The third kappa shape index (κ3) is 3.19. The van der Waals surface area contributed by atoms with E-state index in [-0.39, 0.29) is 18.4 Å². The number of piperazine rings is 1. The maximum absolute atomic E-state index is 12.3. The first-order valence-corrected chi connectivity index (χ1v) is 7.34. The number of carbonyl (C=O) groups excluding carboxylic acids is 2. The minimum Gasteiger partial charge on any atom is -0.431 e. The van der Waals surface area contributed by atoms with Gasteiger partial charge in [-0.2, -0.15) is 0 Å². The summed E-state index contributed by atoms with van der Waals surface area (Å²) in [6.07, 6.45) is 1.67. The predicted octanol–water partition coefficient (Wildman–Crippen LogP) is 1.51. The van der Waals surface area contributed by atoms with Crippen molar-refractivity contribution in [3.8, 4) is 10.9 Å². The number of aromatic nitrogens is 1. The monoisotopic (exact) mass is 303 g/mol. The highest BCUT2D eigenvalue weighted by atomic mass is 32.1. The molecule has 1 aliphatic heterocycles. The Morgan fingerprint density at radius 1 is 1.33 bits per heavy atom. The van der Waals surface area contributed by atoms with E-state index in [1.54, 1.807) is 30.5 Å². The number of amides is 2. The molecule has 0 radical (unpaired) electrons. The van der Waals surface area contributed by atoms with Gasteiger partial charge in [0.15, 0.2) is 0 Å². The molecule has 2 heterocycles. The second-order valence-electron chi connectivity index (χ2n) is 4.50. The molecule has 0 bridgehead atoms. The van der Waals surface area contributed by atoms with Gasteiger partial charge in [0.2, 0.25) is 5.91 Å². The van der Waals surface area contributed by atoms with Crippen molar-refractivity contribution in [1.82, 2.24) is 15.2 Å². The summed E-state index contributed by atoms with van der Waals surface area (Å²) in [4.78, 5) is 29.1. The van der Waals surface area contributed by atoms with E-state index in [4.69, 9.17) is 4.74 Å². The molecule has 1 aliphatic rings. The molecular weight excluding hydrogens is 290 g/mol. The van der Waals surface area contributed by atoms with E-state index in [9.17, 15) is 9.59 Å². The van der Waals surface area contributed by atoms with E-state index in [1.165, 1.54) is 16.2 Å². The Morgan fingerprint density at radius 2 is 2.14 bits per heavy atom. The molecular formula is C14H13N3O3S. The number of ether oxygens (including phenoxy) is 1. The Kier molecular flexibility index (Phi) is 3.83. The third-order valence-electron chi connectivity index (χ3n) is 3.04. The number of nitrogens with zero attached hydrogens (tertiary/aromatic N) is 2. The highest BCUT2D eigenvalue weighted by Gasteiger charge is 2.22. The number of nitrogens with one attached hydrogen (secondary N) is 1. The van der Waals surface area contributed by atoms with E-state index in [2.05, 4.69) is 10.3 Å². The lowest BCUT2D eigenvalue weighted by Crippen LogP contribution is -2.49. The van der Waals surface area contributed by atoms with E-state index in [0.717, 1.165) is 0 Å². The first-order valence-electron chi connectivity index (χ1n) is 6.46. The molecule has 7 heteroatoms. The van der Waals surface area contributed by atoms with Crippen molar-refractivity contribution in [2.45, 2.75) is 0 Å². The molecule has 0 aliphatic carbocycles. The van der Waals surface area contributed by atoms with Crippen molar-refractivity contribution in [3.05, 3.63) is 41.4 Å². The van der Waals surface area contributed by atoms with Crippen molar-refractivity contribution in [1.29, 1.82) is 0 Å². The van der Waals surface area contributed by atoms with Gasteiger partial charge in [-0.15, -0.1) is 0 Å². The van der Waals surface area contributed by atoms with Crippen LogP contribution in [0.15, 0.2) is 35.8 Å². The van der Waals surface area contributed by atoms with Crippen molar-refractivity contribution in [3.63, 3.8) is 0 Å². The molecule has 0 spiro atoms. The summed E-state index contributed by atoms with van der Waals surface area (Å²) < 4.78 is 5.53. The molecule has 0 unspecified atom stereocenters. The molecule has 21 heavy (non-hydrogen) atoms. The Bertz CT molecular complexity index is 640. The van der Waals surface area contributed by atoms with Crippen LogP contribution in [0.3, 0.4) is 0 Å². The molecule has 2 aromatic rings. The van der Waals surface area contributed by atoms with Gasteiger partial charge < -0.3 is 15.0 Å². The van der Waals surface area contributed by atoms with Gasteiger partial charge in [-0.3, -0.25) is 9.59 Å². The molecule has 2 amide bonds. The average Bonchev–Trinajstić information content (AvgIpc) is 3.00. The van der Waals surface area contributed by atoms with Crippen LogP contribution in [-0.2, 0) is 4.79 Å². The average molecular weight is 303 g/mol. The predicted molar refractivity (Wildman–Crippen MR) is 77.5 cm³/mol. The number of rotatable bonds is 3. The molecule has 1 N–H and O–H groups in total. The second-order valence-corrected chi connectivity index (χ2v) is 5.36. The molecule has 1 aromatic heterocycles. The lowest BCUT2D eigenvalue weighted by Gasteiger charge is -2.26. The van der Waals surface area contributed by atoms with Crippen LogP contribution >= 0.6 is 11.3 Å². The smallest absolute Gasteiger partial charge is 0.278 e. The van der Waals surface area contributed by atoms with E-state index in [1.807, 2.05) is 5.38 Å². The van der Waals surface area contributed by atoms with E-state index in [0.29, 0.717) is 29.6 Å². The standard InChI is InChI=1S/C14H13N3O3S/c18-12-9-17(7-5-15-12)13(19)10-1-3-11(4-2-10)20-14-16-6-8-21-14/h1-4,6,8H,5,7,9H2,(H,15,18). The maximum atomic E-state index is 12.3. The van der Waals surface area contributed by atoms with Crippen LogP contribution in [0.25, 0.3) is 0 Å². The van der Waals surface area contributed by atoms with Crippen molar-refractivity contribution < 1.29 is 14.3 Å². The molecule has 3 rings (SSSR count). The summed E-state index contributed by atoms with van der Waals surface area (Å²) in [7, 11) is 0. The fourth-order valence-corrected chi connectivity index (χ4v) is 2.53. The van der Waals surface area contributed by atoms with Crippen molar-refractivity contribution >= 4 is 23.2 Å². The summed E-state index contributed by atoms with van der Waals surface area (Å²) in [6, 6.07) is 6.83. The number of benzene rings is 1. The molecule has 108 valence electrons. The Balaban J connectivity index is 1.68. The SMILES string of the molecule is O=C1CN(C(=O)c2ccc(Oc3nccs3)cc2)CCN1. The second kappa shape index (κ2) is 5.92. The summed E-state index contributed by atoms with van der Waals surface area (Å²) in [6.45, 7) is 1.13. The molecule has 1 saturated heterocycles. The van der Waals surface area contributed by atoms with Gasteiger partial charge in [-0.05, 0) is 24.3 Å².